The molecular formula is C11H14F2N4O2S. The Bertz CT molecular complexity index is 558. The summed E-state index contributed by atoms with van der Waals surface area (Å²) in [7, 11) is 0. The van der Waals surface area contributed by atoms with Gasteiger partial charge in [0, 0.05) is 13.0 Å². The van der Waals surface area contributed by atoms with Crippen molar-refractivity contribution in [1.82, 2.24) is 15.1 Å². The summed E-state index contributed by atoms with van der Waals surface area (Å²) in [6, 6.07) is 0. The molecule has 0 aliphatic rings. The Hall–Kier alpha value is -1.45. The maximum absolute atomic E-state index is 11.9. The van der Waals surface area contributed by atoms with Gasteiger partial charge in [0.1, 0.15) is 16.5 Å². The zero-order valence-corrected chi connectivity index (χ0v) is 11.6. The van der Waals surface area contributed by atoms with Crippen LogP contribution < -0.4 is 5.73 Å². The van der Waals surface area contributed by atoms with Crippen molar-refractivity contribution in [1.29, 1.82) is 0 Å². The third kappa shape index (κ3) is 3.78. The standard InChI is InChI=1S/C11H14F2N4O2S/c1-6-10(20-9(4-14)15-6)11-16-8(17-19-11)2-3-18-5-7(12)13/h7H,2-5,14H2,1H3. The van der Waals surface area contributed by atoms with E-state index >= 15 is 0 Å². The van der Waals surface area contributed by atoms with Gasteiger partial charge in [-0.15, -0.1) is 11.3 Å². The molecule has 0 fully saturated rings. The molecule has 0 aromatic carbocycles. The molecule has 0 unspecified atom stereocenters. The van der Waals surface area contributed by atoms with Crippen LogP contribution in [0.5, 0.6) is 0 Å². The molecule has 2 aromatic rings. The number of ether oxygens (including phenoxy) is 1. The first kappa shape index (κ1) is 14.9. The second-order valence-corrected chi connectivity index (χ2v) is 5.04. The van der Waals surface area contributed by atoms with Crippen LogP contribution in [0.3, 0.4) is 0 Å². The van der Waals surface area contributed by atoms with Crippen LogP contribution in [0.2, 0.25) is 0 Å². The first-order chi connectivity index (χ1) is 9.60. The molecular weight excluding hydrogens is 290 g/mol. The lowest BCUT2D eigenvalue weighted by Gasteiger charge is -1.99. The van der Waals surface area contributed by atoms with Crippen molar-refractivity contribution in [2.24, 2.45) is 5.73 Å². The Labute approximate surface area is 118 Å². The number of aryl methyl sites for hydroxylation is 1. The van der Waals surface area contributed by atoms with Crippen LogP contribution in [0.4, 0.5) is 8.78 Å². The van der Waals surface area contributed by atoms with E-state index in [1.54, 1.807) is 0 Å². The lowest BCUT2D eigenvalue weighted by molar-refractivity contribution is 0.0182. The highest BCUT2D eigenvalue weighted by atomic mass is 32.1. The van der Waals surface area contributed by atoms with E-state index in [4.69, 9.17) is 15.0 Å². The molecule has 20 heavy (non-hydrogen) atoms. The molecule has 0 spiro atoms. The number of hydrogen-bond donors (Lipinski definition) is 1. The summed E-state index contributed by atoms with van der Waals surface area (Å²) in [6.07, 6.45) is -2.15. The predicted octanol–water partition coefficient (Wildman–Crippen LogP) is 1.78. The maximum Gasteiger partial charge on any atom is 0.269 e. The third-order valence-electron chi connectivity index (χ3n) is 2.39. The molecule has 0 aliphatic carbocycles. The average molecular weight is 304 g/mol. The Morgan fingerprint density at radius 2 is 2.20 bits per heavy atom. The van der Waals surface area contributed by atoms with Crippen molar-refractivity contribution in [2.75, 3.05) is 13.2 Å². The quantitative estimate of drug-likeness (QED) is 0.785. The highest BCUT2D eigenvalue weighted by Gasteiger charge is 2.16. The summed E-state index contributed by atoms with van der Waals surface area (Å²) < 4.78 is 33.6. The number of hydrogen-bond acceptors (Lipinski definition) is 7. The minimum absolute atomic E-state index is 0.124. The Balaban J connectivity index is 1.96. The van der Waals surface area contributed by atoms with Crippen LogP contribution in [-0.4, -0.2) is 34.8 Å². The molecule has 6 nitrogen and oxygen atoms in total. The van der Waals surface area contributed by atoms with E-state index in [-0.39, 0.29) is 6.61 Å². The number of thiazole rings is 1. The fraction of sp³-hybridized carbons (Fsp3) is 0.545. The van der Waals surface area contributed by atoms with Crippen LogP contribution in [0, 0.1) is 6.92 Å². The van der Waals surface area contributed by atoms with Crippen molar-refractivity contribution in [3.8, 4) is 10.8 Å². The fourth-order valence-corrected chi connectivity index (χ4v) is 2.39. The molecule has 0 saturated heterocycles. The van der Waals surface area contributed by atoms with Gasteiger partial charge in [-0.3, -0.25) is 0 Å². The van der Waals surface area contributed by atoms with Crippen LogP contribution in [0.15, 0.2) is 4.52 Å². The molecule has 2 N–H and O–H groups in total. The lowest BCUT2D eigenvalue weighted by Crippen LogP contribution is -2.07. The molecule has 9 heteroatoms. The van der Waals surface area contributed by atoms with Crippen molar-refractivity contribution < 1.29 is 18.0 Å². The van der Waals surface area contributed by atoms with Crippen molar-refractivity contribution >= 4 is 11.3 Å². The van der Waals surface area contributed by atoms with Gasteiger partial charge in [-0.25, -0.2) is 13.8 Å². The van der Waals surface area contributed by atoms with Crippen LogP contribution in [0.25, 0.3) is 10.8 Å². The molecule has 0 amide bonds. The van der Waals surface area contributed by atoms with Gasteiger partial charge < -0.3 is 15.0 Å². The van der Waals surface area contributed by atoms with E-state index < -0.39 is 13.0 Å². The zero-order chi connectivity index (χ0) is 14.5. The molecule has 0 aliphatic heterocycles. The Kier molecular flexibility index (Phi) is 5.10. The zero-order valence-electron chi connectivity index (χ0n) is 10.8. The van der Waals surface area contributed by atoms with E-state index in [1.165, 1.54) is 11.3 Å². The largest absolute Gasteiger partial charge is 0.375 e. The average Bonchev–Trinajstić information content (AvgIpc) is 3.00. The fourth-order valence-electron chi connectivity index (χ4n) is 1.52. The van der Waals surface area contributed by atoms with Crippen molar-refractivity contribution in [3.05, 3.63) is 16.5 Å². The number of aromatic nitrogens is 3. The van der Waals surface area contributed by atoms with Crippen molar-refractivity contribution in [3.63, 3.8) is 0 Å². The van der Waals surface area contributed by atoms with Gasteiger partial charge in [0.25, 0.3) is 12.3 Å². The second kappa shape index (κ2) is 6.82. The van der Waals surface area contributed by atoms with E-state index in [0.717, 1.165) is 15.6 Å². The van der Waals surface area contributed by atoms with Crippen LogP contribution in [0.1, 0.15) is 16.5 Å². The van der Waals surface area contributed by atoms with Crippen molar-refractivity contribution in [2.45, 2.75) is 26.3 Å². The highest BCUT2D eigenvalue weighted by Crippen LogP contribution is 2.28. The molecule has 110 valence electrons. The molecule has 0 radical (unpaired) electrons. The number of halogens is 2. The number of alkyl halides is 2. The van der Waals surface area contributed by atoms with Gasteiger partial charge in [-0.2, -0.15) is 4.98 Å². The second-order valence-electron chi connectivity index (χ2n) is 3.96. The normalized spacial score (nSPS) is 11.4. The van der Waals surface area contributed by atoms with E-state index in [1.807, 2.05) is 6.92 Å². The summed E-state index contributed by atoms with van der Waals surface area (Å²) in [5.41, 5.74) is 6.30. The SMILES string of the molecule is Cc1nc(CN)sc1-c1nc(CCOCC(F)F)no1. The first-order valence-corrected chi connectivity index (χ1v) is 6.77. The summed E-state index contributed by atoms with van der Waals surface area (Å²) in [5, 5.41) is 4.57. The summed E-state index contributed by atoms with van der Waals surface area (Å²) in [5.74, 6) is 0.778. The number of rotatable bonds is 7. The van der Waals surface area contributed by atoms with Gasteiger partial charge in [-0.1, -0.05) is 5.16 Å². The molecule has 2 aromatic heterocycles. The van der Waals surface area contributed by atoms with Crippen LogP contribution >= 0.6 is 11.3 Å². The molecule has 2 rings (SSSR count). The number of nitrogens with zero attached hydrogens (tertiary/aromatic N) is 3. The summed E-state index contributed by atoms with van der Waals surface area (Å²) in [6.45, 7) is 1.73. The molecule has 0 bridgehead atoms. The van der Waals surface area contributed by atoms with Gasteiger partial charge in [0.05, 0.1) is 12.3 Å². The monoisotopic (exact) mass is 304 g/mol. The lowest BCUT2D eigenvalue weighted by atomic mass is 10.4. The minimum Gasteiger partial charge on any atom is -0.375 e. The van der Waals surface area contributed by atoms with E-state index in [2.05, 4.69) is 15.1 Å². The Morgan fingerprint density at radius 1 is 1.40 bits per heavy atom. The van der Waals surface area contributed by atoms with E-state index in [9.17, 15) is 8.78 Å². The smallest absolute Gasteiger partial charge is 0.269 e. The van der Waals surface area contributed by atoms with E-state index in [0.29, 0.717) is 24.7 Å². The summed E-state index contributed by atoms with van der Waals surface area (Å²) >= 11 is 1.40. The minimum atomic E-state index is -2.47. The van der Waals surface area contributed by atoms with Gasteiger partial charge in [-0.05, 0) is 6.92 Å². The maximum atomic E-state index is 11.9. The highest BCUT2D eigenvalue weighted by molar-refractivity contribution is 7.15. The Morgan fingerprint density at radius 3 is 2.85 bits per heavy atom. The molecule has 0 saturated carbocycles. The van der Waals surface area contributed by atoms with Gasteiger partial charge in [0.15, 0.2) is 5.82 Å². The van der Waals surface area contributed by atoms with Gasteiger partial charge >= 0.3 is 0 Å². The molecule has 0 atom stereocenters. The van der Waals surface area contributed by atoms with Crippen LogP contribution in [-0.2, 0) is 17.7 Å². The third-order valence-corrected chi connectivity index (χ3v) is 3.56. The molecule has 2 heterocycles. The summed E-state index contributed by atoms with van der Waals surface area (Å²) in [4.78, 5) is 9.23. The topological polar surface area (TPSA) is 87.1 Å². The van der Waals surface area contributed by atoms with Gasteiger partial charge in [0.2, 0.25) is 0 Å². The number of nitrogens with two attached hydrogens (primary N) is 1. The first-order valence-electron chi connectivity index (χ1n) is 5.95. The predicted molar refractivity (Wildman–Crippen MR) is 68.6 cm³/mol.